The quantitative estimate of drug-likeness (QED) is 0.0400. The minimum atomic E-state index is -0.538. The first-order valence-corrected chi connectivity index (χ1v) is 21.1. The van der Waals surface area contributed by atoms with E-state index in [2.05, 4.69) is 50.3 Å². The van der Waals surface area contributed by atoms with Gasteiger partial charge in [-0.15, -0.1) is 0 Å². The van der Waals surface area contributed by atoms with Gasteiger partial charge in [-0.1, -0.05) is 172 Å². The predicted molar refractivity (Wildman–Crippen MR) is 210 cm³/mol. The second-order valence-corrected chi connectivity index (χ2v) is 14.1. The molecule has 48 heavy (non-hydrogen) atoms. The topological polar surface area (TPSA) is 55.8 Å². The van der Waals surface area contributed by atoms with Gasteiger partial charge in [0.1, 0.15) is 6.10 Å². The third-order valence-corrected chi connectivity index (χ3v) is 9.19. The van der Waals surface area contributed by atoms with Crippen LogP contribution in [-0.4, -0.2) is 37.0 Å². The zero-order chi connectivity index (χ0) is 34.9. The van der Waals surface area contributed by atoms with Crippen LogP contribution in [0.5, 0.6) is 0 Å². The van der Waals surface area contributed by atoms with Crippen molar-refractivity contribution in [1.29, 1.82) is 0 Å². The maximum absolute atomic E-state index is 12.2. The van der Waals surface area contributed by atoms with Crippen molar-refractivity contribution >= 4 is 5.97 Å². The maximum Gasteiger partial charge on any atom is 0.306 e. The van der Waals surface area contributed by atoms with E-state index in [1.54, 1.807) is 0 Å². The summed E-state index contributed by atoms with van der Waals surface area (Å²) in [6.45, 7) is 5.33. The second kappa shape index (κ2) is 41.8. The van der Waals surface area contributed by atoms with E-state index in [1.165, 1.54) is 167 Å². The van der Waals surface area contributed by atoms with Gasteiger partial charge in [0.05, 0.1) is 13.2 Å². The van der Waals surface area contributed by atoms with Gasteiger partial charge in [-0.25, -0.2) is 0 Å². The molecule has 0 rings (SSSR count). The van der Waals surface area contributed by atoms with Gasteiger partial charge in [0.2, 0.25) is 0 Å². The third-order valence-electron chi connectivity index (χ3n) is 9.19. The van der Waals surface area contributed by atoms with Crippen LogP contribution in [-0.2, 0) is 14.3 Å². The number of rotatable bonds is 39. The number of unbranched alkanes of at least 4 members (excludes halogenated alkanes) is 25. The van der Waals surface area contributed by atoms with E-state index in [1.807, 2.05) is 0 Å². The Balaban J connectivity index is 3.42. The highest BCUT2D eigenvalue weighted by Crippen LogP contribution is 2.13. The van der Waals surface area contributed by atoms with E-state index in [-0.39, 0.29) is 12.6 Å². The van der Waals surface area contributed by atoms with Gasteiger partial charge in [-0.05, 0) is 70.6 Å². The Morgan fingerprint density at radius 1 is 0.500 bits per heavy atom. The van der Waals surface area contributed by atoms with Crippen molar-refractivity contribution in [1.82, 2.24) is 0 Å². The third kappa shape index (κ3) is 39.1. The van der Waals surface area contributed by atoms with Crippen molar-refractivity contribution in [3.63, 3.8) is 0 Å². The van der Waals surface area contributed by atoms with Crippen molar-refractivity contribution in [2.24, 2.45) is 0 Å². The maximum atomic E-state index is 12.2. The number of carbonyl (C=O) groups is 1. The molecule has 0 aromatic heterocycles. The second-order valence-electron chi connectivity index (χ2n) is 14.1. The van der Waals surface area contributed by atoms with E-state index >= 15 is 0 Å². The van der Waals surface area contributed by atoms with E-state index in [0.717, 1.165) is 25.7 Å². The molecule has 4 heteroatoms. The van der Waals surface area contributed by atoms with Gasteiger partial charge in [0, 0.05) is 13.0 Å². The minimum absolute atomic E-state index is 0.175. The largest absolute Gasteiger partial charge is 0.457 e. The van der Waals surface area contributed by atoms with Gasteiger partial charge in [-0.3, -0.25) is 4.79 Å². The molecule has 0 aliphatic carbocycles. The fraction of sp³-hybridized carbons (Fsp3) is 0.841. The standard InChI is InChI=1S/C44H82O4/c1-3-5-7-9-11-13-15-17-19-20-21-22-23-24-25-26-28-30-32-34-36-38-40-47-42-43(41-45)48-44(46)39-37-35-33-31-29-27-18-16-14-12-10-8-6-4-2/h15-18,20-21,43,45H,3-14,19,22-42H2,1-2H3/b17-15-,18-16-,21-20-. The van der Waals surface area contributed by atoms with Gasteiger partial charge in [0.15, 0.2) is 0 Å². The first-order chi connectivity index (χ1) is 23.7. The Labute approximate surface area is 300 Å². The molecule has 0 heterocycles. The van der Waals surface area contributed by atoms with Crippen LogP contribution in [0, 0.1) is 0 Å². The van der Waals surface area contributed by atoms with Crippen LogP contribution in [0.1, 0.15) is 213 Å². The zero-order valence-corrected chi connectivity index (χ0v) is 32.3. The van der Waals surface area contributed by atoms with Gasteiger partial charge in [0.25, 0.3) is 0 Å². The average Bonchev–Trinajstić information content (AvgIpc) is 3.09. The van der Waals surface area contributed by atoms with Crippen LogP contribution >= 0.6 is 0 Å². The van der Waals surface area contributed by atoms with E-state index in [0.29, 0.717) is 19.6 Å². The summed E-state index contributed by atoms with van der Waals surface area (Å²) in [5.74, 6) is -0.210. The Hall–Kier alpha value is -1.39. The van der Waals surface area contributed by atoms with Crippen LogP contribution in [0.3, 0.4) is 0 Å². The lowest BCUT2D eigenvalue weighted by Gasteiger charge is -2.15. The lowest BCUT2D eigenvalue weighted by molar-refractivity contribution is -0.154. The smallest absolute Gasteiger partial charge is 0.306 e. The molecule has 0 bridgehead atoms. The summed E-state index contributed by atoms with van der Waals surface area (Å²) in [6.07, 6.45) is 52.0. The normalized spacial score (nSPS) is 12.6. The number of ether oxygens (including phenoxy) is 2. The van der Waals surface area contributed by atoms with Crippen LogP contribution in [0.2, 0.25) is 0 Å². The number of allylic oxidation sites excluding steroid dienone is 6. The molecule has 0 saturated carbocycles. The van der Waals surface area contributed by atoms with E-state index < -0.39 is 6.10 Å². The molecule has 0 amide bonds. The molecule has 0 fully saturated rings. The Morgan fingerprint density at radius 3 is 1.31 bits per heavy atom. The zero-order valence-electron chi connectivity index (χ0n) is 32.3. The summed E-state index contributed by atoms with van der Waals surface area (Å²) in [5, 5.41) is 9.58. The molecule has 4 nitrogen and oxygen atoms in total. The summed E-state index contributed by atoms with van der Waals surface area (Å²) < 4.78 is 11.1. The molecule has 282 valence electrons. The average molecular weight is 675 g/mol. The van der Waals surface area contributed by atoms with Crippen molar-refractivity contribution in [3.05, 3.63) is 36.5 Å². The molecule has 0 aliphatic rings. The van der Waals surface area contributed by atoms with E-state index in [9.17, 15) is 9.90 Å². The highest BCUT2D eigenvalue weighted by molar-refractivity contribution is 5.69. The molecular formula is C44H82O4. The molecular weight excluding hydrogens is 592 g/mol. The molecule has 1 atom stereocenters. The number of aliphatic hydroxyl groups excluding tert-OH is 1. The fourth-order valence-electron chi connectivity index (χ4n) is 6.00. The highest BCUT2D eigenvalue weighted by Gasteiger charge is 2.13. The van der Waals surface area contributed by atoms with E-state index in [4.69, 9.17) is 9.47 Å². The van der Waals surface area contributed by atoms with Crippen molar-refractivity contribution in [2.75, 3.05) is 19.8 Å². The Morgan fingerprint density at radius 2 is 0.875 bits per heavy atom. The molecule has 0 radical (unpaired) electrons. The van der Waals surface area contributed by atoms with Crippen LogP contribution in [0.25, 0.3) is 0 Å². The monoisotopic (exact) mass is 675 g/mol. The molecule has 0 aromatic carbocycles. The van der Waals surface area contributed by atoms with Crippen molar-refractivity contribution in [3.8, 4) is 0 Å². The van der Waals surface area contributed by atoms with Gasteiger partial charge >= 0.3 is 5.97 Å². The molecule has 1 unspecified atom stereocenters. The lowest BCUT2D eigenvalue weighted by atomic mass is 10.1. The Kier molecular flexibility index (Phi) is 40.6. The summed E-state index contributed by atoms with van der Waals surface area (Å²) in [6, 6.07) is 0. The van der Waals surface area contributed by atoms with Crippen LogP contribution in [0.4, 0.5) is 0 Å². The fourth-order valence-corrected chi connectivity index (χ4v) is 6.00. The van der Waals surface area contributed by atoms with Crippen molar-refractivity contribution in [2.45, 2.75) is 219 Å². The first-order valence-electron chi connectivity index (χ1n) is 21.1. The van der Waals surface area contributed by atoms with Crippen LogP contribution in [0.15, 0.2) is 36.5 Å². The molecule has 0 saturated heterocycles. The summed E-state index contributed by atoms with van der Waals surface area (Å²) >= 11 is 0. The number of hydrogen-bond acceptors (Lipinski definition) is 4. The summed E-state index contributed by atoms with van der Waals surface area (Å²) in [4.78, 5) is 12.2. The number of hydrogen-bond donors (Lipinski definition) is 1. The number of aliphatic hydroxyl groups is 1. The molecule has 0 spiro atoms. The van der Waals surface area contributed by atoms with Crippen molar-refractivity contribution < 1.29 is 19.4 Å². The van der Waals surface area contributed by atoms with Gasteiger partial charge in [-0.2, -0.15) is 0 Å². The molecule has 0 aromatic rings. The van der Waals surface area contributed by atoms with Gasteiger partial charge < -0.3 is 14.6 Å². The summed E-state index contributed by atoms with van der Waals surface area (Å²) in [5.41, 5.74) is 0. The first kappa shape index (κ1) is 46.6. The number of esters is 1. The minimum Gasteiger partial charge on any atom is -0.457 e. The number of carbonyl (C=O) groups excluding carboxylic acids is 1. The predicted octanol–water partition coefficient (Wildman–Crippen LogP) is 13.7. The summed E-state index contributed by atoms with van der Waals surface area (Å²) in [7, 11) is 0. The molecule has 0 aliphatic heterocycles. The van der Waals surface area contributed by atoms with Crippen LogP contribution < -0.4 is 0 Å². The molecule has 1 N–H and O–H groups in total. The SMILES string of the molecule is CCCCCCC/C=C\C/C=C\CCCCCCCCCCCCOCC(CO)OC(=O)CCCCCCC/C=C\CCCCCCC. The lowest BCUT2D eigenvalue weighted by Crippen LogP contribution is -2.27. The Bertz CT molecular complexity index is 713. The highest BCUT2D eigenvalue weighted by atomic mass is 16.6.